The number of hydrogen-bond acceptors (Lipinski definition) is 3. The average Bonchev–Trinajstić information content (AvgIpc) is 2.77. The second-order valence-corrected chi connectivity index (χ2v) is 9.32. The van der Waals surface area contributed by atoms with Gasteiger partial charge in [-0.1, -0.05) is 73.0 Å². The van der Waals surface area contributed by atoms with E-state index < -0.39 is 5.97 Å². The van der Waals surface area contributed by atoms with Crippen molar-refractivity contribution in [2.24, 2.45) is 0 Å². The summed E-state index contributed by atoms with van der Waals surface area (Å²) in [5, 5.41) is 12.9. The lowest BCUT2D eigenvalue weighted by Crippen LogP contribution is -2.30. The van der Waals surface area contributed by atoms with E-state index in [0.29, 0.717) is 17.0 Å². The highest BCUT2D eigenvalue weighted by Gasteiger charge is 2.16. The summed E-state index contributed by atoms with van der Waals surface area (Å²) in [5.74, 6) is 0.0330. The Bertz CT molecular complexity index is 1160. The van der Waals surface area contributed by atoms with E-state index in [9.17, 15) is 9.90 Å². The Morgan fingerprint density at radius 3 is 2.21 bits per heavy atom. The van der Waals surface area contributed by atoms with Crippen molar-refractivity contribution in [3.8, 4) is 0 Å². The van der Waals surface area contributed by atoms with Crippen LogP contribution in [0.1, 0.15) is 88.7 Å². The minimum absolute atomic E-state index is 0.0856. The van der Waals surface area contributed by atoms with Crippen LogP contribution in [0, 0.1) is 0 Å². The first kappa shape index (κ1) is 26.2. The highest BCUT2D eigenvalue weighted by atomic mass is 16.5. The van der Waals surface area contributed by atoms with Gasteiger partial charge in [0, 0.05) is 10.8 Å². The smallest absolute Gasteiger partial charge is 0.339 e. The monoisotopic (exact) mass is 446 g/mol. The standard InChI is InChI=1S/C30H38O3/c1-20(2)11-10-12-23(7)17-18-33-30(32)27-14-9-8-13-25(27)29(31)26-16-15-24(21(3)4)19-28(26)22(5)6/h8-9,11,13-17,19,21,31H,10,12,18H2,1-7H3/b23-17+,29-26-. The van der Waals surface area contributed by atoms with Gasteiger partial charge < -0.3 is 9.84 Å². The molecule has 0 amide bonds. The molecule has 0 atom stereocenters. The van der Waals surface area contributed by atoms with Crippen molar-refractivity contribution in [1.29, 1.82) is 0 Å². The van der Waals surface area contributed by atoms with Gasteiger partial charge in [0.15, 0.2) is 0 Å². The van der Waals surface area contributed by atoms with Crippen molar-refractivity contribution in [3.63, 3.8) is 0 Å². The summed E-state index contributed by atoms with van der Waals surface area (Å²) in [5.41, 5.74) is 5.64. The highest BCUT2D eigenvalue weighted by molar-refractivity contribution is 5.94. The molecular weight excluding hydrogens is 408 g/mol. The summed E-state index contributed by atoms with van der Waals surface area (Å²) in [6.45, 7) is 14.8. The van der Waals surface area contributed by atoms with Crippen LogP contribution in [0.4, 0.5) is 0 Å². The predicted molar refractivity (Wildman–Crippen MR) is 139 cm³/mol. The maximum atomic E-state index is 12.9. The molecule has 0 fully saturated rings. The fourth-order valence-corrected chi connectivity index (χ4v) is 3.58. The van der Waals surface area contributed by atoms with Crippen molar-refractivity contribution >= 4 is 17.3 Å². The van der Waals surface area contributed by atoms with E-state index in [1.807, 2.05) is 45.0 Å². The van der Waals surface area contributed by atoms with Gasteiger partial charge in [-0.05, 0) is 76.3 Å². The number of esters is 1. The topological polar surface area (TPSA) is 46.5 Å². The maximum Gasteiger partial charge on any atom is 0.339 e. The predicted octanol–water partition coefficient (Wildman–Crippen LogP) is 6.56. The van der Waals surface area contributed by atoms with Crippen LogP contribution in [0.15, 0.2) is 65.8 Å². The van der Waals surface area contributed by atoms with Crippen LogP contribution >= 0.6 is 0 Å². The molecule has 0 heterocycles. The highest BCUT2D eigenvalue weighted by Crippen LogP contribution is 2.17. The molecule has 0 aromatic heterocycles. The van der Waals surface area contributed by atoms with E-state index in [1.165, 1.54) is 16.7 Å². The van der Waals surface area contributed by atoms with Gasteiger partial charge in [-0.2, -0.15) is 0 Å². The molecule has 3 heteroatoms. The quantitative estimate of drug-likeness (QED) is 0.369. The van der Waals surface area contributed by atoms with E-state index in [0.717, 1.165) is 28.9 Å². The van der Waals surface area contributed by atoms with Crippen LogP contribution in [0.5, 0.6) is 0 Å². The number of hydrogen-bond donors (Lipinski definition) is 1. The van der Waals surface area contributed by atoms with E-state index >= 15 is 0 Å². The average molecular weight is 447 g/mol. The molecule has 2 aromatic carbocycles. The third-order valence-electron chi connectivity index (χ3n) is 5.64. The molecule has 0 aliphatic carbocycles. The molecule has 0 spiro atoms. The fraction of sp³-hybridized carbons (Fsp3) is 0.367. The van der Waals surface area contributed by atoms with Crippen molar-refractivity contribution in [2.45, 2.75) is 67.2 Å². The number of carbonyl (C=O) groups excluding carboxylic acids is 1. The lowest BCUT2D eigenvalue weighted by Gasteiger charge is -2.11. The molecule has 0 radical (unpaired) electrons. The number of aliphatic hydroxyl groups is 1. The van der Waals surface area contributed by atoms with Gasteiger partial charge in [-0.25, -0.2) is 4.79 Å². The molecule has 0 aliphatic heterocycles. The first-order valence-electron chi connectivity index (χ1n) is 11.7. The molecular formula is C30H38O3. The molecule has 0 unspecified atom stereocenters. The van der Waals surface area contributed by atoms with Gasteiger partial charge in [0.25, 0.3) is 0 Å². The number of allylic oxidation sites excluding steroid dienone is 3. The van der Waals surface area contributed by atoms with Gasteiger partial charge in [0.05, 0.1) is 5.56 Å². The molecule has 1 N–H and O–H groups in total. The Labute approximate surface area is 198 Å². The van der Waals surface area contributed by atoms with Crippen molar-refractivity contribution in [1.82, 2.24) is 0 Å². The second kappa shape index (κ2) is 12.2. The number of benzene rings is 2. The van der Waals surface area contributed by atoms with E-state index in [-0.39, 0.29) is 12.4 Å². The molecule has 0 saturated carbocycles. The Balaban J connectivity index is 2.35. The zero-order valence-corrected chi connectivity index (χ0v) is 21.2. The van der Waals surface area contributed by atoms with Crippen LogP contribution in [0.25, 0.3) is 11.3 Å². The van der Waals surface area contributed by atoms with E-state index in [1.54, 1.807) is 18.2 Å². The van der Waals surface area contributed by atoms with Crippen LogP contribution in [0.3, 0.4) is 0 Å². The minimum atomic E-state index is -0.442. The first-order valence-corrected chi connectivity index (χ1v) is 11.7. The molecule has 33 heavy (non-hydrogen) atoms. The van der Waals surface area contributed by atoms with Crippen LogP contribution in [-0.4, -0.2) is 17.7 Å². The fourth-order valence-electron chi connectivity index (χ4n) is 3.58. The van der Waals surface area contributed by atoms with Gasteiger partial charge in [-0.3, -0.25) is 0 Å². The van der Waals surface area contributed by atoms with Crippen molar-refractivity contribution < 1.29 is 14.6 Å². The minimum Gasteiger partial charge on any atom is -0.507 e. The Morgan fingerprint density at radius 1 is 0.939 bits per heavy atom. The maximum absolute atomic E-state index is 12.9. The molecule has 176 valence electrons. The van der Waals surface area contributed by atoms with Gasteiger partial charge in [0.1, 0.15) is 12.4 Å². The first-order chi connectivity index (χ1) is 15.6. The normalized spacial score (nSPS) is 12.4. The van der Waals surface area contributed by atoms with Crippen LogP contribution in [-0.2, 0) is 4.74 Å². The summed E-state index contributed by atoms with van der Waals surface area (Å²) in [4.78, 5) is 12.9. The molecule has 2 rings (SSSR count). The van der Waals surface area contributed by atoms with Gasteiger partial charge >= 0.3 is 5.97 Å². The van der Waals surface area contributed by atoms with Gasteiger partial charge in [0.2, 0.25) is 0 Å². The molecule has 0 aliphatic rings. The summed E-state index contributed by atoms with van der Waals surface area (Å²) in [6, 6.07) is 13.2. The largest absolute Gasteiger partial charge is 0.507 e. The lowest BCUT2D eigenvalue weighted by molar-refractivity contribution is 0.0548. The molecule has 2 aromatic rings. The van der Waals surface area contributed by atoms with Crippen LogP contribution < -0.4 is 10.4 Å². The zero-order chi connectivity index (χ0) is 24.5. The van der Waals surface area contributed by atoms with Crippen LogP contribution in [0.2, 0.25) is 0 Å². The lowest BCUT2D eigenvalue weighted by atomic mass is 9.98. The summed E-state index contributed by atoms with van der Waals surface area (Å²) in [6.07, 6.45) is 6.07. The third-order valence-corrected chi connectivity index (χ3v) is 5.64. The molecule has 0 bridgehead atoms. The summed E-state index contributed by atoms with van der Waals surface area (Å²) < 4.78 is 5.52. The summed E-state index contributed by atoms with van der Waals surface area (Å²) in [7, 11) is 0. The number of aliphatic hydroxyl groups excluding tert-OH is 1. The van der Waals surface area contributed by atoms with E-state index in [4.69, 9.17) is 4.74 Å². The Hall–Kier alpha value is -3.07. The Kier molecular flexibility index (Phi) is 9.72. The van der Waals surface area contributed by atoms with Crippen molar-refractivity contribution in [3.05, 3.63) is 92.9 Å². The number of rotatable bonds is 8. The SMILES string of the molecule is CC(C)=CCC/C(C)=C/COC(=O)c1ccccc1/C(O)=c1\ccc(C(C)C)cc1=C(C)C. The summed E-state index contributed by atoms with van der Waals surface area (Å²) >= 11 is 0. The second-order valence-electron chi connectivity index (χ2n) is 9.32. The number of carbonyl (C=O) groups is 1. The number of ether oxygens (including phenoxy) is 1. The zero-order valence-electron chi connectivity index (χ0n) is 21.2. The van der Waals surface area contributed by atoms with E-state index in [2.05, 4.69) is 39.8 Å². The Morgan fingerprint density at radius 2 is 1.61 bits per heavy atom. The van der Waals surface area contributed by atoms with Gasteiger partial charge in [-0.15, -0.1) is 0 Å². The van der Waals surface area contributed by atoms with Crippen molar-refractivity contribution in [2.75, 3.05) is 6.61 Å². The molecule has 3 nitrogen and oxygen atoms in total. The molecule has 0 saturated heterocycles. The third kappa shape index (κ3) is 7.49.